The first-order valence-corrected chi connectivity index (χ1v) is 7.84. The van der Waals surface area contributed by atoms with Gasteiger partial charge in [-0.1, -0.05) is 36.8 Å². The Bertz CT molecular complexity index is 509. The lowest BCUT2D eigenvalue weighted by Crippen LogP contribution is -2.42. The van der Waals surface area contributed by atoms with E-state index in [1.54, 1.807) is 0 Å². The SMILES string of the molecule is O=C1CC(c2ccccc2)CN1C(=O)CN1CCCCC1. The van der Waals surface area contributed by atoms with Crippen LogP contribution in [0.15, 0.2) is 30.3 Å². The molecule has 1 aromatic carbocycles. The van der Waals surface area contributed by atoms with Gasteiger partial charge < -0.3 is 0 Å². The van der Waals surface area contributed by atoms with E-state index >= 15 is 0 Å². The average Bonchev–Trinajstić information content (AvgIpc) is 2.91. The molecule has 2 fully saturated rings. The molecule has 2 amide bonds. The van der Waals surface area contributed by atoms with Gasteiger partial charge in [-0.3, -0.25) is 19.4 Å². The molecule has 2 saturated heterocycles. The number of imide groups is 1. The average molecular weight is 286 g/mol. The first-order valence-electron chi connectivity index (χ1n) is 7.84. The van der Waals surface area contributed by atoms with Crippen molar-refractivity contribution in [2.45, 2.75) is 31.6 Å². The molecule has 0 N–H and O–H groups in total. The van der Waals surface area contributed by atoms with Gasteiger partial charge >= 0.3 is 0 Å². The number of carbonyl (C=O) groups excluding carboxylic acids is 2. The van der Waals surface area contributed by atoms with Crippen LogP contribution in [0.4, 0.5) is 0 Å². The Morgan fingerprint density at radius 1 is 1.10 bits per heavy atom. The Hall–Kier alpha value is -1.68. The minimum Gasteiger partial charge on any atom is -0.294 e. The molecule has 2 aliphatic heterocycles. The molecule has 4 nitrogen and oxygen atoms in total. The largest absolute Gasteiger partial charge is 0.294 e. The molecule has 1 aromatic rings. The molecule has 21 heavy (non-hydrogen) atoms. The molecule has 2 aliphatic rings. The number of amides is 2. The lowest BCUT2D eigenvalue weighted by Gasteiger charge is -2.27. The lowest BCUT2D eigenvalue weighted by atomic mass is 9.99. The summed E-state index contributed by atoms with van der Waals surface area (Å²) < 4.78 is 0. The van der Waals surface area contributed by atoms with Gasteiger partial charge in [0.15, 0.2) is 0 Å². The molecule has 3 rings (SSSR count). The van der Waals surface area contributed by atoms with Crippen molar-refractivity contribution in [1.82, 2.24) is 9.80 Å². The first-order chi connectivity index (χ1) is 10.2. The summed E-state index contributed by atoms with van der Waals surface area (Å²) in [5.74, 6) is 0.107. The Labute approximate surface area is 125 Å². The molecule has 1 atom stereocenters. The molecule has 0 saturated carbocycles. The van der Waals surface area contributed by atoms with Crippen molar-refractivity contribution in [3.63, 3.8) is 0 Å². The van der Waals surface area contributed by atoms with Crippen molar-refractivity contribution in [3.8, 4) is 0 Å². The van der Waals surface area contributed by atoms with Crippen LogP contribution in [-0.2, 0) is 9.59 Å². The fraction of sp³-hybridized carbons (Fsp3) is 0.529. The summed E-state index contributed by atoms with van der Waals surface area (Å²) >= 11 is 0. The van der Waals surface area contributed by atoms with Crippen molar-refractivity contribution in [1.29, 1.82) is 0 Å². The summed E-state index contributed by atoms with van der Waals surface area (Å²) in [7, 11) is 0. The Balaban J connectivity index is 1.60. The zero-order valence-electron chi connectivity index (χ0n) is 12.3. The smallest absolute Gasteiger partial charge is 0.243 e. The maximum atomic E-state index is 12.4. The normalized spacial score (nSPS) is 23.5. The maximum Gasteiger partial charge on any atom is 0.243 e. The maximum absolute atomic E-state index is 12.4. The standard InChI is InChI=1S/C17H22N2O2/c20-16-11-15(14-7-3-1-4-8-14)12-19(16)17(21)13-18-9-5-2-6-10-18/h1,3-4,7-8,15H,2,5-6,9-13H2. The molecule has 2 heterocycles. The molecule has 0 bridgehead atoms. The molecule has 1 unspecified atom stereocenters. The van der Waals surface area contributed by atoms with Crippen LogP contribution in [0.3, 0.4) is 0 Å². The van der Waals surface area contributed by atoms with Crippen molar-refractivity contribution in [2.75, 3.05) is 26.2 Å². The van der Waals surface area contributed by atoms with Crippen molar-refractivity contribution in [2.24, 2.45) is 0 Å². The molecule has 0 aromatic heterocycles. The number of benzene rings is 1. The highest BCUT2D eigenvalue weighted by Crippen LogP contribution is 2.28. The van der Waals surface area contributed by atoms with Crippen molar-refractivity contribution < 1.29 is 9.59 Å². The van der Waals surface area contributed by atoms with Gasteiger partial charge in [0, 0.05) is 18.9 Å². The van der Waals surface area contributed by atoms with Gasteiger partial charge in [0.1, 0.15) is 0 Å². The second-order valence-corrected chi connectivity index (χ2v) is 6.05. The topological polar surface area (TPSA) is 40.6 Å². The zero-order chi connectivity index (χ0) is 14.7. The van der Waals surface area contributed by atoms with Gasteiger partial charge in [0.2, 0.25) is 11.8 Å². The number of hydrogen-bond donors (Lipinski definition) is 0. The molecule has 0 spiro atoms. The minimum atomic E-state index is -0.0275. The Kier molecular flexibility index (Phi) is 4.34. The first kappa shape index (κ1) is 14.3. The summed E-state index contributed by atoms with van der Waals surface area (Å²) in [5.41, 5.74) is 1.15. The Morgan fingerprint density at radius 2 is 1.81 bits per heavy atom. The predicted octanol–water partition coefficient (Wildman–Crippen LogP) is 2.02. The van der Waals surface area contributed by atoms with E-state index in [2.05, 4.69) is 4.90 Å². The van der Waals surface area contributed by atoms with Crippen LogP contribution in [0.5, 0.6) is 0 Å². The zero-order valence-corrected chi connectivity index (χ0v) is 12.3. The highest BCUT2D eigenvalue weighted by atomic mass is 16.2. The van der Waals surface area contributed by atoms with Crippen molar-refractivity contribution in [3.05, 3.63) is 35.9 Å². The molecule has 0 radical (unpaired) electrons. The summed E-state index contributed by atoms with van der Waals surface area (Å²) in [4.78, 5) is 28.1. The summed E-state index contributed by atoms with van der Waals surface area (Å²) in [5, 5.41) is 0. The summed E-state index contributed by atoms with van der Waals surface area (Å²) in [6, 6.07) is 10.0. The number of piperidine rings is 1. The lowest BCUT2D eigenvalue weighted by molar-refractivity contribution is -0.142. The third-order valence-electron chi connectivity index (χ3n) is 4.50. The summed E-state index contributed by atoms with van der Waals surface area (Å²) in [6.45, 7) is 2.90. The molecular weight excluding hydrogens is 264 g/mol. The summed E-state index contributed by atoms with van der Waals surface area (Å²) in [6.07, 6.45) is 4.03. The van der Waals surface area contributed by atoms with E-state index in [1.165, 1.54) is 11.3 Å². The Morgan fingerprint density at radius 3 is 2.52 bits per heavy atom. The van der Waals surface area contributed by atoms with E-state index in [0.29, 0.717) is 19.5 Å². The highest BCUT2D eigenvalue weighted by Gasteiger charge is 2.35. The van der Waals surface area contributed by atoms with E-state index in [0.717, 1.165) is 31.5 Å². The van der Waals surface area contributed by atoms with E-state index in [4.69, 9.17) is 0 Å². The van der Waals surface area contributed by atoms with E-state index < -0.39 is 0 Å². The van der Waals surface area contributed by atoms with Gasteiger partial charge in [0.25, 0.3) is 0 Å². The third-order valence-corrected chi connectivity index (χ3v) is 4.50. The molecule has 112 valence electrons. The molecular formula is C17H22N2O2. The van der Waals surface area contributed by atoms with Crippen LogP contribution >= 0.6 is 0 Å². The van der Waals surface area contributed by atoms with Crippen LogP contribution < -0.4 is 0 Å². The quantitative estimate of drug-likeness (QED) is 0.853. The van der Waals surface area contributed by atoms with E-state index in [1.807, 2.05) is 30.3 Å². The number of likely N-dealkylation sites (tertiary alicyclic amines) is 2. The van der Waals surface area contributed by atoms with Gasteiger partial charge in [-0.2, -0.15) is 0 Å². The van der Waals surface area contributed by atoms with Gasteiger partial charge in [-0.25, -0.2) is 0 Å². The number of hydrogen-bond acceptors (Lipinski definition) is 3. The van der Waals surface area contributed by atoms with Crippen molar-refractivity contribution >= 4 is 11.8 Å². The van der Waals surface area contributed by atoms with Gasteiger partial charge in [0.05, 0.1) is 6.54 Å². The number of nitrogens with zero attached hydrogens (tertiary/aromatic N) is 2. The van der Waals surface area contributed by atoms with Crippen LogP contribution in [0.25, 0.3) is 0 Å². The van der Waals surface area contributed by atoms with E-state index in [-0.39, 0.29) is 17.7 Å². The minimum absolute atomic E-state index is 0.0223. The van der Waals surface area contributed by atoms with Crippen LogP contribution in [0, 0.1) is 0 Å². The molecule has 4 heteroatoms. The third kappa shape index (κ3) is 3.32. The van der Waals surface area contributed by atoms with Gasteiger partial charge in [-0.15, -0.1) is 0 Å². The number of carbonyl (C=O) groups is 2. The number of rotatable bonds is 3. The predicted molar refractivity (Wildman–Crippen MR) is 80.8 cm³/mol. The highest BCUT2D eigenvalue weighted by molar-refractivity contribution is 5.98. The van der Waals surface area contributed by atoms with Crippen LogP contribution in [0.2, 0.25) is 0 Å². The second kappa shape index (κ2) is 6.39. The fourth-order valence-electron chi connectivity index (χ4n) is 3.29. The monoisotopic (exact) mass is 286 g/mol. The van der Waals surface area contributed by atoms with Crippen LogP contribution in [0.1, 0.15) is 37.2 Å². The second-order valence-electron chi connectivity index (χ2n) is 6.05. The van der Waals surface area contributed by atoms with Gasteiger partial charge in [-0.05, 0) is 31.5 Å². The fourth-order valence-corrected chi connectivity index (χ4v) is 3.29. The van der Waals surface area contributed by atoms with E-state index in [9.17, 15) is 9.59 Å². The molecule has 0 aliphatic carbocycles. The van der Waals surface area contributed by atoms with Crippen LogP contribution in [-0.4, -0.2) is 47.8 Å².